The molecule has 2 rings (SSSR count). The summed E-state index contributed by atoms with van der Waals surface area (Å²) in [6, 6.07) is 1.41. The minimum Gasteiger partial charge on any atom is -0.390 e. The summed E-state index contributed by atoms with van der Waals surface area (Å²) < 4.78 is 21.6. The summed E-state index contributed by atoms with van der Waals surface area (Å²) in [6.45, 7) is 1.14. The summed E-state index contributed by atoms with van der Waals surface area (Å²) in [4.78, 5) is 32.6. The zero-order valence-corrected chi connectivity index (χ0v) is 12.0. The smallest absolute Gasteiger partial charge is 0.390 e. The number of aliphatic hydroxyl groups is 1. The van der Waals surface area contributed by atoms with E-state index in [1.54, 1.807) is 6.92 Å². The van der Waals surface area contributed by atoms with E-state index in [2.05, 4.69) is 9.51 Å². The van der Waals surface area contributed by atoms with Crippen molar-refractivity contribution >= 4 is 13.6 Å². The quantitative estimate of drug-likeness (QED) is 0.501. The zero-order chi connectivity index (χ0) is 15.8. The average Bonchev–Trinajstić information content (AvgIpc) is 2.64. The Morgan fingerprint density at radius 2 is 2.24 bits per heavy atom. The van der Waals surface area contributed by atoms with E-state index in [1.807, 2.05) is 0 Å². The van der Waals surface area contributed by atoms with Gasteiger partial charge in [0, 0.05) is 12.1 Å². The van der Waals surface area contributed by atoms with Crippen LogP contribution in [0, 0.1) is 5.92 Å². The molecule has 0 bridgehead atoms. The third-order valence-electron chi connectivity index (χ3n) is 3.22. The highest BCUT2D eigenvalue weighted by Gasteiger charge is 2.43. The number of hydrogen-bond acceptors (Lipinski definition) is 7. The lowest BCUT2D eigenvalue weighted by Gasteiger charge is -2.17. The Hall–Kier alpha value is -1.29. The lowest BCUT2D eigenvalue weighted by molar-refractivity contribution is -0.0468. The van der Waals surface area contributed by atoms with Crippen LogP contribution in [0.1, 0.15) is 13.2 Å². The Bertz CT molecular complexity index is 615. The molecule has 0 aromatic carbocycles. The summed E-state index contributed by atoms with van der Waals surface area (Å²) in [7, 11) is -4.66. The van der Waals surface area contributed by atoms with Gasteiger partial charge in [-0.1, -0.05) is 6.92 Å². The molecule has 4 atom stereocenters. The Balaban J connectivity index is 2.16. The normalized spacial score (nSPS) is 29.7. The third kappa shape index (κ3) is 3.67. The molecule has 21 heavy (non-hydrogen) atoms. The fourth-order valence-electron chi connectivity index (χ4n) is 2.14. The molecule has 0 spiro atoms. The maximum Gasteiger partial charge on any atom is 0.469 e. The largest absolute Gasteiger partial charge is 0.469 e. The zero-order valence-electron chi connectivity index (χ0n) is 11.1. The van der Waals surface area contributed by atoms with Crippen LogP contribution in [0.5, 0.6) is 0 Å². The molecular formula is C10H16N3O7P. The van der Waals surface area contributed by atoms with Crippen molar-refractivity contribution in [1.29, 1.82) is 0 Å². The van der Waals surface area contributed by atoms with Gasteiger partial charge in [-0.3, -0.25) is 9.09 Å². The van der Waals surface area contributed by atoms with Gasteiger partial charge in [0.15, 0.2) is 0 Å². The Kier molecular flexibility index (Phi) is 4.47. The number of phosphoric acid groups is 1. The highest BCUT2D eigenvalue weighted by molar-refractivity contribution is 7.46. The predicted octanol–water partition coefficient (Wildman–Crippen LogP) is -1.17. The molecule has 1 aromatic heterocycles. The van der Waals surface area contributed by atoms with E-state index >= 15 is 0 Å². The standard InChI is InChI=1S/C10H16N3O7P/c1-5-8(14)6(4-19-21(16,17)18)20-9(5)13-3-2-7(11)12-10(13)15/h2-3,5-6,8-9,14H,4H2,1H3,(H2,11,12,15)(H2,16,17,18). The molecule has 0 aliphatic carbocycles. The fourth-order valence-corrected chi connectivity index (χ4v) is 2.48. The van der Waals surface area contributed by atoms with Crippen molar-refractivity contribution in [3.05, 3.63) is 22.7 Å². The van der Waals surface area contributed by atoms with Crippen molar-refractivity contribution in [2.75, 3.05) is 12.3 Å². The Morgan fingerprint density at radius 1 is 1.57 bits per heavy atom. The highest BCUT2D eigenvalue weighted by atomic mass is 31.2. The lowest BCUT2D eigenvalue weighted by atomic mass is 10.0. The first-order valence-corrected chi connectivity index (χ1v) is 7.60. The van der Waals surface area contributed by atoms with Crippen molar-refractivity contribution in [3.63, 3.8) is 0 Å². The van der Waals surface area contributed by atoms with Crippen molar-refractivity contribution in [2.45, 2.75) is 25.4 Å². The minimum atomic E-state index is -4.66. The summed E-state index contributed by atoms with van der Waals surface area (Å²) in [5.41, 5.74) is 4.75. The molecule has 1 saturated heterocycles. The van der Waals surface area contributed by atoms with Crippen molar-refractivity contribution in [3.8, 4) is 0 Å². The maximum atomic E-state index is 11.8. The van der Waals surface area contributed by atoms with Crippen molar-refractivity contribution in [2.24, 2.45) is 5.92 Å². The topological polar surface area (TPSA) is 157 Å². The Morgan fingerprint density at radius 3 is 2.81 bits per heavy atom. The van der Waals surface area contributed by atoms with E-state index in [0.29, 0.717) is 0 Å². The van der Waals surface area contributed by atoms with Crippen molar-refractivity contribution < 1.29 is 28.7 Å². The van der Waals surface area contributed by atoms with Gasteiger partial charge in [0.25, 0.3) is 0 Å². The first-order chi connectivity index (χ1) is 9.69. The van der Waals surface area contributed by atoms with E-state index in [-0.39, 0.29) is 5.82 Å². The van der Waals surface area contributed by atoms with Crippen LogP contribution in [0.2, 0.25) is 0 Å². The molecular weight excluding hydrogens is 305 g/mol. The van der Waals surface area contributed by atoms with Gasteiger partial charge in [0.05, 0.1) is 12.7 Å². The van der Waals surface area contributed by atoms with Crippen molar-refractivity contribution in [1.82, 2.24) is 9.55 Å². The summed E-state index contributed by atoms with van der Waals surface area (Å²) in [6.07, 6.45) is -1.47. The summed E-state index contributed by atoms with van der Waals surface area (Å²) >= 11 is 0. The van der Waals surface area contributed by atoms with Gasteiger partial charge in [-0.2, -0.15) is 4.98 Å². The number of phosphoric ester groups is 1. The third-order valence-corrected chi connectivity index (χ3v) is 3.70. The minimum absolute atomic E-state index is 0.0591. The number of nitrogens with zero attached hydrogens (tertiary/aromatic N) is 2. The van der Waals surface area contributed by atoms with E-state index in [9.17, 15) is 14.5 Å². The molecule has 1 aliphatic heterocycles. The van der Waals surface area contributed by atoms with Gasteiger partial charge in [0.2, 0.25) is 0 Å². The van der Waals surface area contributed by atoms with Crippen LogP contribution < -0.4 is 11.4 Å². The second kappa shape index (κ2) is 5.84. The maximum absolute atomic E-state index is 11.8. The van der Waals surface area contributed by atoms with Crippen LogP contribution in [0.4, 0.5) is 5.82 Å². The van der Waals surface area contributed by atoms with E-state index in [1.165, 1.54) is 12.3 Å². The number of nitrogens with two attached hydrogens (primary N) is 1. The van der Waals surface area contributed by atoms with Crippen LogP contribution in [0.25, 0.3) is 0 Å². The fraction of sp³-hybridized carbons (Fsp3) is 0.600. The second-order valence-electron chi connectivity index (χ2n) is 4.74. The van der Waals surface area contributed by atoms with Gasteiger partial charge in [-0.15, -0.1) is 0 Å². The monoisotopic (exact) mass is 321 g/mol. The SMILES string of the molecule is CC1C(O)C(COP(=O)(O)O)OC1n1ccc(N)nc1=O. The predicted molar refractivity (Wildman–Crippen MR) is 70.0 cm³/mol. The first-order valence-electron chi connectivity index (χ1n) is 6.07. The van der Waals surface area contributed by atoms with Crippen LogP contribution in [0.3, 0.4) is 0 Å². The lowest BCUT2D eigenvalue weighted by Crippen LogP contribution is -2.31. The molecule has 5 N–H and O–H groups in total. The number of aliphatic hydroxyl groups excluding tert-OH is 1. The molecule has 1 aliphatic rings. The molecule has 2 heterocycles. The van der Waals surface area contributed by atoms with Gasteiger partial charge in [0.1, 0.15) is 18.1 Å². The molecule has 1 fully saturated rings. The number of nitrogen functional groups attached to an aromatic ring is 1. The summed E-state index contributed by atoms with van der Waals surface area (Å²) in [5, 5.41) is 10.0. The number of rotatable bonds is 4. The number of ether oxygens (including phenoxy) is 1. The Labute approximate surface area is 119 Å². The van der Waals surface area contributed by atoms with E-state index in [4.69, 9.17) is 20.3 Å². The molecule has 0 amide bonds. The molecule has 10 nitrogen and oxygen atoms in total. The van der Waals surface area contributed by atoms with Crippen LogP contribution in [0.15, 0.2) is 17.1 Å². The summed E-state index contributed by atoms with van der Waals surface area (Å²) in [5.74, 6) is -0.442. The van der Waals surface area contributed by atoms with Gasteiger partial charge >= 0.3 is 13.5 Å². The van der Waals surface area contributed by atoms with Crippen LogP contribution in [-0.4, -0.2) is 43.3 Å². The highest BCUT2D eigenvalue weighted by Crippen LogP contribution is 2.39. The molecule has 1 aromatic rings. The van der Waals surface area contributed by atoms with E-state index < -0.39 is 44.5 Å². The molecule has 118 valence electrons. The van der Waals surface area contributed by atoms with Gasteiger partial charge < -0.3 is 25.4 Å². The number of aromatic nitrogens is 2. The first kappa shape index (κ1) is 16.1. The molecule has 0 saturated carbocycles. The average molecular weight is 321 g/mol. The molecule has 11 heteroatoms. The van der Waals surface area contributed by atoms with Gasteiger partial charge in [-0.25, -0.2) is 9.36 Å². The number of anilines is 1. The molecule has 0 radical (unpaired) electrons. The van der Waals surface area contributed by atoms with E-state index in [0.717, 1.165) is 4.57 Å². The molecule has 4 unspecified atom stereocenters. The van der Waals surface area contributed by atoms with Crippen LogP contribution in [-0.2, 0) is 13.8 Å². The number of hydrogen-bond donors (Lipinski definition) is 4. The second-order valence-corrected chi connectivity index (χ2v) is 5.98. The van der Waals surface area contributed by atoms with Crippen LogP contribution >= 0.6 is 7.82 Å². The van der Waals surface area contributed by atoms with Gasteiger partial charge in [-0.05, 0) is 6.07 Å².